The molecule has 0 fully saturated rings. The van der Waals surface area contributed by atoms with Crippen molar-refractivity contribution in [2.75, 3.05) is 6.61 Å². The molecule has 1 unspecified atom stereocenters. The Morgan fingerprint density at radius 3 is 2.38 bits per heavy atom. The van der Waals surface area contributed by atoms with E-state index in [1.165, 1.54) is 6.07 Å². The summed E-state index contributed by atoms with van der Waals surface area (Å²) in [7, 11) is -4.00. The third kappa shape index (κ3) is 5.03. The van der Waals surface area contributed by atoms with Gasteiger partial charge in [-0.1, -0.05) is 54.6 Å². The summed E-state index contributed by atoms with van der Waals surface area (Å²) in [6.45, 7) is 3.21. The highest BCUT2D eigenvalue weighted by Gasteiger charge is 2.47. The Morgan fingerprint density at radius 2 is 1.76 bits per heavy atom. The van der Waals surface area contributed by atoms with Crippen LogP contribution in [0.5, 0.6) is 0 Å². The maximum absolute atomic E-state index is 14.4. The zero-order valence-corrected chi connectivity index (χ0v) is 19.9. The number of aromatic nitrogens is 1. The van der Waals surface area contributed by atoms with Crippen molar-refractivity contribution in [2.45, 2.75) is 43.5 Å². The first-order valence-electron chi connectivity index (χ1n) is 11.1. The first kappa shape index (κ1) is 24.0. The van der Waals surface area contributed by atoms with Gasteiger partial charge in [-0.3, -0.25) is 4.98 Å². The van der Waals surface area contributed by atoms with Gasteiger partial charge in [0.1, 0.15) is 16.7 Å². The number of hydrogen-bond donors (Lipinski definition) is 1. The molecule has 34 heavy (non-hydrogen) atoms. The molecule has 1 aliphatic heterocycles. The number of aliphatic hydroxyl groups excluding tert-OH is 1. The highest BCUT2D eigenvalue weighted by molar-refractivity contribution is 7.90. The average molecular weight is 483 g/mol. The molecule has 0 bridgehead atoms. The molecule has 2 aromatic carbocycles. The summed E-state index contributed by atoms with van der Waals surface area (Å²) in [5.74, 6) is -0.877. The molecule has 0 radical (unpaired) electrons. The van der Waals surface area contributed by atoms with E-state index in [4.69, 9.17) is 4.74 Å². The monoisotopic (exact) mass is 482 g/mol. The molecule has 1 aliphatic rings. The van der Waals surface area contributed by atoms with Gasteiger partial charge < -0.3 is 9.84 Å². The fourth-order valence-corrected chi connectivity index (χ4v) is 6.21. The van der Waals surface area contributed by atoms with Crippen molar-refractivity contribution in [2.24, 2.45) is 4.40 Å². The van der Waals surface area contributed by atoms with Crippen LogP contribution >= 0.6 is 0 Å². The molecule has 0 aliphatic carbocycles. The zero-order chi connectivity index (χ0) is 24.3. The number of nitrogens with zero attached hydrogens (tertiary/aromatic N) is 2. The van der Waals surface area contributed by atoms with Crippen molar-refractivity contribution < 1.29 is 22.7 Å². The minimum absolute atomic E-state index is 0.0109. The van der Waals surface area contributed by atoms with Gasteiger partial charge in [-0.05, 0) is 49.4 Å². The molecule has 1 N–H and O–H groups in total. The molecule has 178 valence electrons. The van der Waals surface area contributed by atoms with Crippen LogP contribution < -0.4 is 0 Å². The van der Waals surface area contributed by atoms with Gasteiger partial charge in [0.2, 0.25) is 5.90 Å². The number of halogens is 1. The summed E-state index contributed by atoms with van der Waals surface area (Å²) >= 11 is 0. The van der Waals surface area contributed by atoms with E-state index >= 15 is 0 Å². The zero-order valence-electron chi connectivity index (χ0n) is 19.1. The highest BCUT2D eigenvalue weighted by atomic mass is 32.2. The van der Waals surface area contributed by atoms with Crippen LogP contribution in [0.2, 0.25) is 0 Å². The Labute approximate surface area is 199 Å². The van der Waals surface area contributed by atoms with Crippen molar-refractivity contribution in [3.05, 3.63) is 89.9 Å². The van der Waals surface area contributed by atoms with E-state index in [1.807, 2.05) is 30.3 Å². The maximum Gasteiger partial charge on any atom is 0.267 e. The van der Waals surface area contributed by atoms with Crippen LogP contribution in [0.4, 0.5) is 4.39 Å². The van der Waals surface area contributed by atoms with Gasteiger partial charge in [0, 0.05) is 24.8 Å². The van der Waals surface area contributed by atoms with E-state index < -0.39 is 32.6 Å². The smallest absolute Gasteiger partial charge is 0.267 e. The first-order chi connectivity index (χ1) is 16.2. The Hall–Kier alpha value is -3.10. The van der Waals surface area contributed by atoms with Crippen LogP contribution in [0.1, 0.15) is 49.0 Å². The molecule has 4 rings (SSSR count). The van der Waals surface area contributed by atoms with Crippen LogP contribution in [0, 0.1) is 5.82 Å². The van der Waals surface area contributed by atoms with Gasteiger partial charge in [0.05, 0.1) is 5.69 Å². The fourth-order valence-electron chi connectivity index (χ4n) is 4.46. The summed E-state index contributed by atoms with van der Waals surface area (Å²) < 4.78 is 51.0. The summed E-state index contributed by atoms with van der Waals surface area (Å²) in [5, 5.41) is 8.44. The molecular weight excluding hydrogens is 455 g/mol. The molecule has 6 nitrogen and oxygen atoms in total. The average Bonchev–Trinajstić information content (AvgIpc) is 2.79. The molecule has 0 amide bonds. The predicted octanol–water partition coefficient (Wildman–Crippen LogP) is 5.02. The molecule has 1 aromatic heterocycles. The SMILES string of the molecule is CC1(C)OC(C[C@@H](CCO)c2ccccc2F)=NS(=O)(=O)C1c1ccc(-c2ccccc2)nc1. The second kappa shape index (κ2) is 9.64. The van der Waals surface area contributed by atoms with Crippen LogP contribution in [-0.2, 0) is 14.8 Å². The third-order valence-electron chi connectivity index (χ3n) is 5.94. The highest BCUT2D eigenvalue weighted by Crippen LogP contribution is 2.42. The van der Waals surface area contributed by atoms with Crippen LogP contribution in [0.25, 0.3) is 11.3 Å². The minimum atomic E-state index is -4.00. The second-order valence-corrected chi connectivity index (χ2v) is 10.5. The molecule has 3 aromatic rings. The number of hydrogen-bond acceptors (Lipinski definition) is 5. The normalized spacial score (nSPS) is 19.6. The van der Waals surface area contributed by atoms with E-state index in [2.05, 4.69) is 9.38 Å². The molecule has 2 atom stereocenters. The Morgan fingerprint density at radius 1 is 1.06 bits per heavy atom. The topological polar surface area (TPSA) is 88.9 Å². The summed E-state index contributed by atoms with van der Waals surface area (Å²) in [6.07, 6.45) is 1.85. The Bertz CT molecular complexity index is 1280. The first-order valence-corrected chi connectivity index (χ1v) is 12.6. The molecule has 8 heteroatoms. The van der Waals surface area contributed by atoms with Crippen molar-refractivity contribution in [1.29, 1.82) is 0 Å². The fraction of sp³-hybridized carbons (Fsp3) is 0.308. The Balaban J connectivity index is 1.63. The van der Waals surface area contributed by atoms with Gasteiger partial charge >= 0.3 is 0 Å². The molecule has 0 saturated carbocycles. The number of benzene rings is 2. The largest absolute Gasteiger partial charge is 0.472 e. The van der Waals surface area contributed by atoms with Crippen molar-refractivity contribution >= 4 is 15.9 Å². The van der Waals surface area contributed by atoms with Crippen molar-refractivity contribution in [1.82, 2.24) is 4.98 Å². The van der Waals surface area contributed by atoms with Gasteiger partial charge in [-0.15, -0.1) is 4.40 Å². The lowest BCUT2D eigenvalue weighted by Gasteiger charge is -2.37. The molecule has 2 heterocycles. The van der Waals surface area contributed by atoms with Gasteiger partial charge in [0.25, 0.3) is 10.0 Å². The van der Waals surface area contributed by atoms with Crippen LogP contribution in [0.15, 0.2) is 77.3 Å². The quantitative estimate of drug-likeness (QED) is 0.511. The van der Waals surface area contributed by atoms with Crippen molar-refractivity contribution in [3.8, 4) is 11.3 Å². The molecular formula is C26H27FN2O4S. The van der Waals surface area contributed by atoms with Crippen LogP contribution in [-0.4, -0.2) is 36.6 Å². The maximum atomic E-state index is 14.4. The number of rotatable bonds is 7. The number of pyridine rings is 1. The number of ether oxygens (including phenoxy) is 1. The van der Waals surface area contributed by atoms with Gasteiger partial charge in [0.15, 0.2) is 0 Å². The van der Waals surface area contributed by atoms with Gasteiger partial charge in [-0.25, -0.2) is 12.8 Å². The second-order valence-electron chi connectivity index (χ2n) is 8.86. The van der Waals surface area contributed by atoms with E-state index in [0.29, 0.717) is 11.1 Å². The van der Waals surface area contributed by atoms with E-state index in [9.17, 15) is 17.9 Å². The van der Waals surface area contributed by atoms with Gasteiger partial charge in [-0.2, -0.15) is 0 Å². The van der Waals surface area contributed by atoms with E-state index in [-0.39, 0.29) is 25.3 Å². The summed E-state index contributed by atoms with van der Waals surface area (Å²) in [4.78, 5) is 4.46. The lowest BCUT2D eigenvalue weighted by molar-refractivity contribution is 0.0796. The molecule has 0 saturated heterocycles. The van der Waals surface area contributed by atoms with Crippen molar-refractivity contribution in [3.63, 3.8) is 0 Å². The molecule has 0 spiro atoms. The summed E-state index contributed by atoms with van der Waals surface area (Å²) in [5.41, 5.74) is 1.40. The third-order valence-corrected chi connectivity index (χ3v) is 7.84. The standard InChI is InChI=1S/C26H27FN2O4S/c1-26(2)25(20-12-13-23(28-17-20)18-8-4-3-5-9-18)34(31,32)29-24(33-26)16-19(14-15-30)21-10-6-7-11-22(21)27/h3-13,17,19,25,30H,14-16H2,1-2H3/t19-,25?/m1/s1. The number of aliphatic hydroxyl groups is 1. The van der Waals surface area contributed by atoms with E-state index in [1.54, 1.807) is 50.4 Å². The van der Waals surface area contributed by atoms with E-state index in [0.717, 1.165) is 11.3 Å². The lowest BCUT2D eigenvalue weighted by atomic mass is 9.92. The Kier molecular flexibility index (Phi) is 6.81. The lowest BCUT2D eigenvalue weighted by Crippen LogP contribution is -2.43. The van der Waals surface area contributed by atoms with Crippen LogP contribution in [0.3, 0.4) is 0 Å². The minimum Gasteiger partial charge on any atom is -0.472 e. The predicted molar refractivity (Wildman–Crippen MR) is 129 cm³/mol. The number of sulfonamides is 1. The summed E-state index contributed by atoms with van der Waals surface area (Å²) in [6, 6.07) is 19.4.